The van der Waals surface area contributed by atoms with Gasteiger partial charge in [-0.2, -0.15) is 0 Å². The number of carbonyl (C=O) groups is 5. The Morgan fingerprint density at radius 1 is 1.06 bits per heavy atom. The molecule has 4 N–H and O–H groups in total. The van der Waals surface area contributed by atoms with Gasteiger partial charge in [0.15, 0.2) is 17.4 Å². The number of pyridine rings is 1. The van der Waals surface area contributed by atoms with Crippen molar-refractivity contribution in [2.24, 2.45) is 22.7 Å². The molecular formula is C24H27N3O8. The number of carboxylic acid groups (broad SMARTS) is 2. The Labute approximate surface area is 201 Å². The second kappa shape index (κ2) is 9.77. The van der Waals surface area contributed by atoms with Crippen molar-refractivity contribution in [3.63, 3.8) is 0 Å². The number of nitrogens with one attached hydrogen (secondary N) is 1. The van der Waals surface area contributed by atoms with Gasteiger partial charge in [-0.1, -0.05) is 13.8 Å². The number of Topliss-reactive ketones (excluding diaryl/α,β-unsaturated/α-hetero) is 2. The van der Waals surface area contributed by atoms with Crippen LogP contribution in [-0.4, -0.2) is 61.1 Å². The molecule has 3 aliphatic rings. The van der Waals surface area contributed by atoms with Crippen LogP contribution in [0, 0.1) is 17.8 Å². The molecule has 0 aromatic carbocycles. The molecule has 0 saturated heterocycles. The van der Waals surface area contributed by atoms with Crippen molar-refractivity contribution in [2.45, 2.75) is 52.0 Å². The molecule has 0 bridgehead atoms. The Hall–Kier alpha value is -3.89. The lowest BCUT2D eigenvalue weighted by molar-refractivity contribution is -0.146. The van der Waals surface area contributed by atoms with Gasteiger partial charge in [0.05, 0.1) is 17.1 Å². The van der Waals surface area contributed by atoms with Crippen molar-refractivity contribution in [1.82, 2.24) is 10.3 Å². The van der Waals surface area contributed by atoms with Crippen molar-refractivity contribution in [3.8, 4) is 0 Å². The third kappa shape index (κ3) is 5.28. The number of allylic oxidation sites excluding steroid dienone is 2. The second-order valence-electron chi connectivity index (χ2n) is 9.25. The highest BCUT2D eigenvalue weighted by atomic mass is 16.4. The first-order chi connectivity index (χ1) is 16.4. The SMILES string of the molecule is CC(C)C1(C)N=C(c2ncccc2C(=O)O)NC1=O.O=C1CC(C(=O)O)CC(=O)C1=C(O)C1CC1. The second-order valence-corrected chi connectivity index (χ2v) is 9.25. The highest BCUT2D eigenvalue weighted by molar-refractivity contribution is 6.23. The van der Waals surface area contributed by atoms with Gasteiger partial charge in [-0.3, -0.25) is 24.2 Å². The van der Waals surface area contributed by atoms with Crippen molar-refractivity contribution in [2.75, 3.05) is 0 Å². The van der Waals surface area contributed by atoms with Crippen LogP contribution in [0.2, 0.25) is 0 Å². The fourth-order valence-electron chi connectivity index (χ4n) is 3.72. The number of carboxylic acids is 2. The van der Waals surface area contributed by atoms with E-state index in [1.165, 1.54) is 18.3 Å². The standard InChI is InChI=1S/C13H15N3O3.C11H12O5/c1-7(2)13(3)12(19)15-10(16-13)9-8(11(17)18)5-4-6-14-9;12-7-3-6(11(15)16)4-8(13)9(7)10(14)5-1-2-5/h4-7H,1-3H3,(H,17,18)(H,15,16,19);5-6,14H,1-4H2,(H,15,16). The van der Waals surface area contributed by atoms with Gasteiger partial charge in [0.2, 0.25) is 0 Å². The minimum absolute atomic E-state index is 0.00184. The fraction of sp³-hybridized carbons (Fsp3) is 0.458. The summed E-state index contributed by atoms with van der Waals surface area (Å²) in [7, 11) is 0. The minimum Gasteiger partial charge on any atom is -0.511 e. The molecule has 0 radical (unpaired) electrons. The average molecular weight is 485 g/mol. The summed E-state index contributed by atoms with van der Waals surface area (Å²) in [5.74, 6) is -4.44. The summed E-state index contributed by atoms with van der Waals surface area (Å²) in [5, 5.41) is 30.2. The van der Waals surface area contributed by atoms with E-state index in [2.05, 4.69) is 15.3 Å². The predicted molar refractivity (Wildman–Crippen MR) is 122 cm³/mol. The number of carbonyl (C=O) groups excluding carboxylic acids is 3. The van der Waals surface area contributed by atoms with E-state index in [9.17, 15) is 29.1 Å². The van der Waals surface area contributed by atoms with Gasteiger partial charge in [0.1, 0.15) is 17.0 Å². The Morgan fingerprint density at radius 3 is 2.11 bits per heavy atom. The maximum atomic E-state index is 12.0. The number of hydrogen-bond donors (Lipinski definition) is 4. The molecule has 1 amide bonds. The van der Waals surface area contributed by atoms with Gasteiger partial charge in [-0.15, -0.1) is 0 Å². The molecule has 1 atom stereocenters. The van der Waals surface area contributed by atoms with Crippen LogP contribution < -0.4 is 5.32 Å². The molecule has 1 aromatic rings. The molecule has 2 saturated carbocycles. The first kappa shape index (κ1) is 25.7. The van der Waals surface area contributed by atoms with E-state index >= 15 is 0 Å². The van der Waals surface area contributed by atoms with E-state index in [-0.39, 0.29) is 59.0 Å². The molecule has 1 aromatic heterocycles. The number of aliphatic carboxylic acids is 1. The number of aliphatic imine (C=N–C) groups is 1. The molecule has 11 nitrogen and oxygen atoms in total. The number of amidine groups is 1. The van der Waals surface area contributed by atoms with E-state index in [1.807, 2.05) is 13.8 Å². The topological polar surface area (TPSA) is 183 Å². The number of aliphatic hydroxyl groups is 1. The van der Waals surface area contributed by atoms with Gasteiger partial charge in [-0.25, -0.2) is 9.79 Å². The Morgan fingerprint density at radius 2 is 1.66 bits per heavy atom. The first-order valence-corrected chi connectivity index (χ1v) is 11.2. The lowest BCUT2D eigenvalue weighted by atomic mass is 9.83. The van der Waals surface area contributed by atoms with Crippen LogP contribution in [0.1, 0.15) is 62.5 Å². The smallest absolute Gasteiger partial charge is 0.338 e. The van der Waals surface area contributed by atoms with Crippen LogP contribution >= 0.6 is 0 Å². The Kier molecular flexibility index (Phi) is 7.18. The van der Waals surface area contributed by atoms with Crippen LogP contribution in [0.4, 0.5) is 0 Å². The molecule has 1 unspecified atom stereocenters. The van der Waals surface area contributed by atoms with Crippen molar-refractivity contribution < 1.29 is 39.3 Å². The summed E-state index contributed by atoms with van der Waals surface area (Å²) < 4.78 is 0. The molecule has 186 valence electrons. The highest BCUT2D eigenvalue weighted by Crippen LogP contribution is 2.38. The number of ketones is 2. The Bertz CT molecular complexity index is 1150. The molecule has 4 rings (SSSR count). The molecule has 35 heavy (non-hydrogen) atoms. The van der Waals surface area contributed by atoms with E-state index in [4.69, 9.17) is 10.2 Å². The lowest BCUT2D eigenvalue weighted by Crippen LogP contribution is -2.41. The first-order valence-electron chi connectivity index (χ1n) is 11.2. The summed E-state index contributed by atoms with van der Waals surface area (Å²) >= 11 is 0. The lowest BCUT2D eigenvalue weighted by Gasteiger charge is -2.21. The maximum Gasteiger partial charge on any atom is 0.338 e. The van der Waals surface area contributed by atoms with Gasteiger partial charge in [0, 0.05) is 25.0 Å². The summed E-state index contributed by atoms with van der Waals surface area (Å²) in [6.07, 6.45) is 2.68. The third-order valence-electron chi connectivity index (χ3n) is 6.41. The molecule has 2 aliphatic carbocycles. The number of aromatic carboxylic acids is 1. The van der Waals surface area contributed by atoms with Crippen molar-refractivity contribution >= 4 is 35.2 Å². The van der Waals surface area contributed by atoms with Crippen LogP contribution in [-0.2, 0) is 19.2 Å². The molecule has 1 aliphatic heterocycles. The quantitative estimate of drug-likeness (QED) is 0.275. The van der Waals surface area contributed by atoms with Crippen LogP contribution in [0.25, 0.3) is 0 Å². The van der Waals surface area contributed by atoms with Gasteiger partial charge >= 0.3 is 11.9 Å². The average Bonchev–Trinajstić information content (AvgIpc) is 3.59. The zero-order valence-corrected chi connectivity index (χ0v) is 19.6. The van der Waals surface area contributed by atoms with Crippen LogP contribution in [0.3, 0.4) is 0 Å². The summed E-state index contributed by atoms with van der Waals surface area (Å²) in [6.45, 7) is 5.51. The van der Waals surface area contributed by atoms with Gasteiger partial charge in [0.25, 0.3) is 5.91 Å². The minimum atomic E-state index is -1.13. The third-order valence-corrected chi connectivity index (χ3v) is 6.41. The van der Waals surface area contributed by atoms with E-state index in [0.29, 0.717) is 0 Å². The monoisotopic (exact) mass is 485 g/mol. The number of amides is 1. The van der Waals surface area contributed by atoms with Crippen LogP contribution in [0.15, 0.2) is 34.7 Å². The number of rotatable bonds is 5. The number of aromatic nitrogens is 1. The zero-order valence-electron chi connectivity index (χ0n) is 19.6. The molecule has 11 heteroatoms. The van der Waals surface area contributed by atoms with Crippen LogP contribution in [0.5, 0.6) is 0 Å². The normalized spacial score (nSPS) is 23.9. The highest BCUT2D eigenvalue weighted by Gasteiger charge is 2.43. The fourth-order valence-corrected chi connectivity index (χ4v) is 3.72. The molecule has 2 heterocycles. The number of hydrogen-bond acceptors (Lipinski definition) is 8. The molecule has 0 spiro atoms. The summed E-state index contributed by atoms with van der Waals surface area (Å²) in [4.78, 5) is 65.4. The predicted octanol–water partition coefficient (Wildman–Crippen LogP) is 1.91. The molecular weight excluding hydrogens is 458 g/mol. The van der Waals surface area contributed by atoms with Crippen molar-refractivity contribution in [3.05, 3.63) is 40.9 Å². The largest absolute Gasteiger partial charge is 0.511 e. The van der Waals surface area contributed by atoms with Crippen molar-refractivity contribution in [1.29, 1.82) is 0 Å². The number of nitrogens with zero attached hydrogens (tertiary/aromatic N) is 2. The van der Waals surface area contributed by atoms with E-state index in [0.717, 1.165) is 12.8 Å². The number of aliphatic hydroxyl groups excluding tert-OH is 1. The molecule has 2 fully saturated rings. The van der Waals surface area contributed by atoms with Gasteiger partial charge in [-0.05, 0) is 37.8 Å². The zero-order chi connectivity index (χ0) is 26.1. The maximum absolute atomic E-state index is 12.0. The van der Waals surface area contributed by atoms with E-state index in [1.54, 1.807) is 6.92 Å². The summed E-state index contributed by atoms with van der Waals surface area (Å²) in [6, 6.07) is 2.97. The summed E-state index contributed by atoms with van der Waals surface area (Å²) in [5.41, 5.74) is -0.829. The Balaban J connectivity index is 0.000000198. The van der Waals surface area contributed by atoms with Gasteiger partial charge < -0.3 is 20.6 Å². The van der Waals surface area contributed by atoms with E-state index < -0.39 is 35.0 Å².